The average molecular weight is 270 g/mol. The topological polar surface area (TPSA) is 57.8 Å². The van der Waals surface area contributed by atoms with Crippen LogP contribution >= 0.6 is 23.2 Å². The molecule has 0 aliphatic heterocycles. The number of hydrogen-bond donors (Lipinski definition) is 2. The van der Waals surface area contributed by atoms with Gasteiger partial charge in [0.25, 0.3) is 0 Å². The van der Waals surface area contributed by atoms with Crippen LogP contribution in [0.2, 0.25) is 10.0 Å². The highest BCUT2D eigenvalue weighted by Crippen LogP contribution is 2.22. The molecule has 1 aromatic carbocycles. The van der Waals surface area contributed by atoms with Crippen molar-refractivity contribution in [1.82, 2.24) is 10.2 Å². The fraction of sp³-hybridized carbons (Fsp3) is 0.0909. The molecule has 2 rings (SSSR count). The molecule has 88 valence electrons. The molecule has 0 spiro atoms. The van der Waals surface area contributed by atoms with E-state index in [4.69, 9.17) is 23.2 Å². The van der Waals surface area contributed by atoms with E-state index in [0.29, 0.717) is 15.7 Å². The van der Waals surface area contributed by atoms with Crippen LogP contribution in [0.15, 0.2) is 30.5 Å². The zero-order valence-electron chi connectivity index (χ0n) is 8.71. The maximum Gasteiger partial charge on any atom is 0.230 e. The lowest BCUT2D eigenvalue weighted by Crippen LogP contribution is -2.14. The van der Waals surface area contributed by atoms with Crippen LogP contribution in [0.3, 0.4) is 0 Å². The van der Waals surface area contributed by atoms with Crippen LogP contribution in [-0.2, 0) is 11.2 Å². The summed E-state index contributed by atoms with van der Waals surface area (Å²) in [5.74, 6) is -0.160. The van der Waals surface area contributed by atoms with Crippen molar-refractivity contribution in [3.8, 4) is 0 Å². The van der Waals surface area contributed by atoms with Crippen LogP contribution in [-0.4, -0.2) is 16.1 Å². The molecular weight excluding hydrogens is 261 g/mol. The number of carbonyl (C=O) groups excluding carboxylic acids is 1. The molecule has 0 fully saturated rings. The molecule has 1 amide bonds. The minimum Gasteiger partial charge on any atom is -0.326 e. The van der Waals surface area contributed by atoms with Crippen molar-refractivity contribution in [2.45, 2.75) is 6.42 Å². The van der Waals surface area contributed by atoms with Gasteiger partial charge in [0.2, 0.25) is 5.91 Å². The van der Waals surface area contributed by atoms with Crippen LogP contribution in [0.25, 0.3) is 0 Å². The van der Waals surface area contributed by atoms with Gasteiger partial charge in [-0.25, -0.2) is 0 Å². The quantitative estimate of drug-likeness (QED) is 0.900. The number of nitrogens with zero attached hydrogens (tertiary/aromatic N) is 1. The number of anilines is 1. The summed E-state index contributed by atoms with van der Waals surface area (Å²) >= 11 is 11.6. The molecular formula is C11H9Cl2N3O. The van der Waals surface area contributed by atoms with Crippen molar-refractivity contribution in [2.24, 2.45) is 0 Å². The Balaban J connectivity index is 2.03. The summed E-state index contributed by atoms with van der Waals surface area (Å²) in [6.45, 7) is 0. The third-order valence-electron chi connectivity index (χ3n) is 2.06. The van der Waals surface area contributed by atoms with Crippen molar-refractivity contribution in [1.29, 1.82) is 0 Å². The monoisotopic (exact) mass is 269 g/mol. The Bertz CT molecular complexity index is 505. The summed E-state index contributed by atoms with van der Waals surface area (Å²) in [6.07, 6.45) is 1.82. The van der Waals surface area contributed by atoms with Crippen molar-refractivity contribution in [3.05, 3.63) is 46.2 Å². The number of aromatic amines is 1. The highest BCUT2D eigenvalue weighted by Gasteiger charge is 2.06. The highest BCUT2D eigenvalue weighted by atomic mass is 35.5. The molecule has 0 unspecified atom stereocenters. The largest absolute Gasteiger partial charge is 0.326 e. The molecule has 17 heavy (non-hydrogen) atoms. The maximum atomic E-state index is 11.7. The molecule has 0 saturated carbocycles. The van der Waals surface area contributed by atoms with Gasteiger partial charge in [0.1, 0.15) is 0 Å². The van der Waals surface area contributed by atoms with E-state index >= 15 is 0 Å². The van der Waals surface area contributed by atoms with Gasteiger partial charge < -0.3 is 5.32 Å². The lowest BCUT2D eigenvalue weighted by molar-refractivity contribution is -0.115. The van der Waals surface area contributed by atoms with Gasteiger partial charge in [0, 0.05) is 27.6 Å². The molecule has 2 N–H and O–H groups in total. The second-order valence-corrected chi connectivity index (χ2v) is 4.34. The third-order valence-corrected chi connectivity index (χ3v) is 2.49. The number of rotatable bonds is 3. The molecule has 1 heterocycles. The van der Waals surface area contributed by atoms with Crippen LogP contribution in [0.4, 0.5) is 5.69 Å². The fourth-order valence-corrected chi connectivity index (χ4v) is 1.91. The van der Waals surface area contributed by atoms with Crippen molar-refractivity contribution < 1.29 is 4.79 Å². The second-order valence-electron chi connectivity index (χ2n) is 3.46. The van der Waals surface area contributed by atoms with Crippen molar-refractivity contribution in [3.63, 3.8) is 0 Å². The normalized spacial score (nSPS) is 10.2. The van der Waals surface area contributed by atoms with Gasteiger partial charge in [0.05, 0.1) is 6.42 Å². The SMILES string of the molecule is O=C(Cc1ccn[nH]1)Nc1cc(Cl)cc(Cl)c1. The van der Waals surface area contributed by atoms with Gasteiger partial charge in [-0.1, -0.05) is 23.2 Å². The van der Waals surface area contributed by atoms with Gasteiger partial charge in [-0.2, -0.15) is 5.10 Å². The Morgan fingerprint density at radius 2 is 2.00 bits per heavy atom. The summed E-state index contributed by atoms with van der Waals surface area (Å²) in [6, 6.07) is 6.62. The molecule has 0 atom stereocenters. The Morgan fingerprint density at radius 3 is 2.59 bits per heavy atom. The molecule has 0 bridgehead atoms. The molecule has 0 saturated heterocycles. The van der Waals surface area contributed by atoms with Crippen LogP contribution < -0.4 is 5.32 Å². The highest BCUT2D eigenvalue weighted by molar-refractivity contribution is 6.35. The fourth-order valence-electron chi connectivity index (χ4n) is 1.39. The Morgan fingerprint density at radius 1 is 1.29 bits per heavy atom. The van der Waals surface area contributed by atoms with Crippen LogP contribution in [0, 0.1) is 0 Å². The van der Waals surface area contributed by atoms with Crippen LogP contribution in [0.1, 0.15) is 5.69 Å². The van der Waals surface area contributed by atoms with E-state index in [2.05, 4.69) is 15.5 Å². The smallest absolute Gasteiger partial charge is 0.230 e. The van der Waals surface area contributed by atoms with Gasteiger partial charge in [-0.15, -0.1) is 0 Å². The minimum absolute atomic E-state index is 0.160. The molecule has 2 aromatic rings. The summed E-state index contributed by atoms with van der Waals surface area (Å²) < 4.78 is 0. The number of hydrogen-bond acceptors (Lipinski definition) is 2. The van der Waals surface area contributed by atoms with E-state index in [9.17, 15) is 4.79 Å². The maximum absolute atomic E-state index is 11.7. The molecule has 6 heteroatoms. The number of amides is 1. The second kappa shape index (κ2) is 5.21. The van der Waals surface area contributed by atoms with E-state index in [-0.39, 0.29) is 12.3 Å². The first-order valence-corrected chi connectivity index (χ1v) is 5.63. The van der Waals surface area contributed by atoms with E-state index in [0.717, 1.165) is 5.69 Å². The lowest BCUT2D eigenvalue weighted by atomic mass is 10.2. The Labute approximate surface area is 108 Å². The molecule has 0 aliphatic rings. The predicted molar refractivity (Wildman–Crippen MR) is 67.4 cm³/mol. The van der Waals surface area contributed by atoms with Crippen molar-refractivity contribution >= 4 is 34.8 Å². The average Bonchev–Trinajstić information content (AvgIpc) is 2.67. The molecule has 0 aliphatic carbocycles. The summed E-state index contributed by atoms with van der Waals surface area (Å²) in [7, 11) is 0. The Hall–Kier alpha value is -1.52. The zero-order valence-corrected chi connectivity index (χ0v) is 10.2. The third kappa shape index (κ3) is 3.47. The summed E-state index contributed by atoms with van der Waals surface area (Å²) in [5.41, 5.74) is 1.32. The van der Waals surface area contributed by atoms with E-state index in [1.165, 1.54) is 0 Å². The number of nitrogens with one attached hydrogen (secondary N) is 2. The molecule has 1 aromatic heterocycles. The number of benzene rings is 1. The van der Waals surface area contributed by atoms with E-state index in [1.54, 1.807) is 30.5 Å². The van der Waals surface area contributed by atoms with E-state index < -0.39 is 0 Å². The number of aromatic nitrogens is 2. The zero-order chi connectivity index (χ0) is 12.3. The first kappa shape index (κ1) is 12.0. The molecule has 0 radical (unpaired) electrons. The van der Waals surface area contributed by atoms with Crippen molar-refractivity contribution in [2.75, 3.05) is 5.32 Å². The number of halogens is 2. The van der Waals surface area contributed by atoms with Gasteiger partial charge >= 0.3 is 0 Å². The number of carbonyl (C=O) groups is 1. The number of H-pyrrole nitrogens is 1. The lowest BCUT2D eigenvalue weighted by Gasteiger charge is -2.05. The van der Waals surface area contributed by atoms with Gasteiger partial charge in [-0.05, 0) is 24.3 Å². The molecule has 4 nitrogen and oxygen atoms in total. The standard InChI is InChI=1S/C11H9Cl2N3O/c12-7-3-8(13)5-10(4-7)15-11(17)6-9-1-2-14-16-9/h1-5H,6H2,(H,14,16)(H,15,17). The minimum atomic E-state index is -0.160. The first-order chi connectivity index (χ1) is 8.13. The van der Waals surface area contributed by atoms with E-state index in [1.807, 2.05) is 0 Å². The first-order valence-electron chi connectivity index (χ1n) is 4.88. The van der Waals surface area contributed by atoms with Crippen LogP contribution in [0.5, 0.6) is 0 Å². The Kier molecular flexibility index (Phi) is 3.66. The predicted octanol–water partition coefficient (Wildman–Crippen LogP) is 2.90. The van der Waals surface area contributed by atoms with Gasteiger partial charge in [-0.3, -0.25) is 9.89 Å². The summed E-state index contributed by atoms with van der Waals surface area (Å²) in [5, 5.41) is 10.1. The summed E-state index contributed by atoms with van der Waals surface area (Å²) in [4.78, 5) is 11.7. The van der Waals surface area contributed by atoms with Gasteiger partial charge in [0.15, 0.2) is 0 Å².